The molecule has 2 N–H and O–H groups in total. The monoisotopic (exact) mass is 474 g/mol. The van der Waals surface area contributed by atoms with Crippen LogP contribution in [0.3, 0.4) is 0 Å². The molecule has 0 atom stereocenters. The van der Waals surface area contributed by atoms with Crippen LogP contribution < -0.4 is 15.8 Å². The fourth-order valence-corrected chi connectivity index (χ4v) is 3.61. The number of nitrogens with one attached hydrogen (secondary N) is 2. The van der Waals surface area contributed by atoms with Gasteiger partial charge in [-0.05, 0) is 37.1 Å². The summed E-state index contributed by atoms with van der Waals surface area (Å²) in [6, 6.07) is 6.49. The summed E-state index contributed by atoms with van der Waals surface area (Å²) in [7, 11) is 0. The van der Waals surface area contributed by atoms with Crippen LogP contribution in [0.1, 0.15) is 18.7 Å². The van der Waals surface area contributed by atoms with Gasteiger partial charge in [0.05, 0.1) is 0 Å². The highest BCUT2D eigenvalue weighted by atomic mass is 19.4. The largest absolute Gasteiger partial charge is 0.453 e. The molecule has 1 fully saturated rings. The van der Waals surface area contributed by atoms with Crippen molar-refractivity contribution in [2.75, 3.05) is 23.4 Å². The summed E-state index contributed by atoms with van der Waals surface area (Å²) in [5.41, 5.74) is 5.88. The van der Waals surface area contributed by atoms with Crippen molar-refractivity contribution in [2.24, 2.45) is 5.92 Å². The first-order valence-electron chi connectivity index (χ1n) is 10.2. The van der Waals surface area contributed by atoms with E-state index in [0.717, 1.165) is 0 Å². The van der Waals surface area contributed by atoms with E-state index in [-0.39, 0.29) is 23.5 Å². The zero-order valence-corrected chi connectivity index (χ0v) is 17.4. The summed E-state index contributed by atoms with van der Waals surface area (Å²) in [5, 5.41) is 14.6. The van der Waals surface area contributed by atoms with E-state index < -0.39 is 12.0 Å². The molecule has 1 aliphatic rings. The second kappa shape index (κ2) is 8.57. The fraction of sp³-hybridized carbons (Fsp3) is 0.316. The number of carbonyl (C=O) groups excluding carboxylic acids is 1. The number of anilines is 2. The summed E-state index contributed by atoms with van der Waals surface area (Å²) >= 11 is 0. The lowest BCUT2D eigenvalue weighted by atomic mass is 9.96. The van der Waals surface area contributed by atoms with Gasteiger partial charge in [-0.2, -0.15) is 22.7 Å². The van der Waals surface area contributed by atoms with Crippen molar-refractivity contribution in [3.8, 4) is 11.4 Å². The number of carbonyl (C=O) groups is 1. The summed E-state index contributed by atoms with van der Waals surface area (Å²) in [4.78, 5) is 22.4. The minimum Gasteiger partial charge on any atom is -0.355 e. The smallest absolute Gasteiger partial charge is 0.355 e. The highest BCUT2D eigenvalue weighted by Crippen LogP contribution is 2.28. The molecule has 12 nitrogen and oxygen atoms in total. The van der Waals surface area contributed by atoms with E-state index in [4.69, 9.17) is 4.52 Å². The molecule has 0 radical (unpaired) electrons. The molecule has 0 bridgehead atoms. The quantitative estimate of drug-likeness (QED) is 0.413. The lowest BCUT2D eigenvalue weighted by molar-refractivity contribution is -0.146. The zero-order valence-electron chi connectivity index (χ0n) is 17.4. The number of nitrogens with zero attached hydrogens (tertiary/aromatic N) is 8. The highest BCUT2D eigenvalue weighted by molar-refractivity contribution is 5.79. The van der Waals surface area contributed by atoms with E-state index in [2.05, 4.69) is 41.3 Å². The van der Waals surface area contributed by atoms with Gasteiger partial charge in [-0.25, -0.2) is 5.43 Å². The maximum absolute atomic E-state index is 13.1. The molecule has 5 rings (SSSR count). The van der Waals surface area contributed by atoms with Crippen LogP contribution in [0, 0.1) is 5.92 Å². The highest BCUT2D eigenvalue weighted by Gasteiger charge is 2.38. The van der Waals surface area contributed by atoms with Gasteiger partial charge < -0.3 is 9.42 Å². The number of hydrogen-bond acceptors (Lipinski definition) is 10. The number of alkyl halides is 3. The summed E-state index contributed by atoms with van der Waals surface area (Å²) in [6.07, 6.45) is -0.508. The standard InChI is InChI=1S/C19H17F3N10O2/c20-19(21,22)17-27-25-13-1-2-14(29-32(13)17)31-9-5-12(6-10-31)16(33)26-28-18-24-15(30-34-18)11-3-7-23-8-4-11/h1-4,7-8,12H,5-6,9-10H2,(H,26,33)(H,24,28,30). The first kappa shape index (κ1) is 21.5. The Morgan fingerprint density at radius 2 is 1.85 bits per heavy atom. The van der Waals surface area contributed by atoms with Crippen LogP contribution >= 0.6 is 0 Å². The van der Waals surface area contributed by atoms with Gasteiger partial charge in [0.25, 0.3) is 5.82 Å². The molecule has 1 saturated heterocycles. The Kier molecular flexibility index (Phi) is 5.43. The van der Waals surface area contributed by atoms with E-state index in [1.165, 1.54) is 6.07 Å². The average molecular weight is 474 g/mol. The summed E-state index contributed by atoms with van der Waals surface area (Å²) in [5.74, 6) is -1.05. The molecule has 15 heteroatoms. The number of rotatable bonds is 5. The number of pyridine rings is 1. The zero-order chi connectivity index (χ0) is 23.7. The van der Waals surface area contributed by atoms with Gasteiger partial charge in [0.15, 0.2) is 5.65 Å². The molecule has 34 heavy (non-hydrogen) atoms. The minimum atomic E-state index is -4.67. The first-order valence-corrected chi connectivity index (χ1v) is 10.2. The van der Waals surface area contributed by atoms with E-state index >= 15 is 0 Å². The molecule has 5 heterocycles. The lowest BCUT2D eigenvalue weighted by Crippen LogP contribution is -2.42. The number of piperidine rings is 1. The molecule has 4 aromatic rings. The van der Waals surface area contributed by atoms with Gasteiger partial charge >= 0.3 is 12.2 Å². The van der Waals surface area contributed by atoms with Gasteiger partial charge in [-0.1, -0.05) is 5.16 Å². The summed E-state index contributed by atoms with van der Waals surface area (Å²) in [6.45, 7) is 0.875. The molecular formula is C19H17F3N10O2. The Balaban J connectivity index is 1.17. The van der Waals surface area contributed by atoms with Crippen LogP contribution in [0.2, 0.25) is 0 Å². The molecule has 0 aliphatic carbocycles. The number of hydrogen-bond donors (Lipinski definition) is 2. The molecule has 4 aromatic heterocycles. The normalized spacial score (nSPS) is 15.0. The number of halogens is 3. The minimum absolute atomic E-state index is 0.00419. The van der Waals surface area contributed by atoms with Crippen LogP contribution in [0.4, 0.5) is 25.0 Å². The lowest BCUT2D eigenvalue weighted by Gasteiger charge is -2.31. The van der Waals surface area contributed by atoms with Crippen LogP contribution in [0.15, 0.2) is 41.2 Å². The second-order valence-electron chi connectivity index (χ2n) is 7.52. The SMILES string of the molecule is O=C(NNc1nc(-c2ccncc2)no1)C1CCN(c2ccc3nnc(C(F)(F)F)n3n2)CC1. The predicted molar refractivity (Wildman–Crippen MR) is 110 cm³/mol. The molecule has 1 aliphatic heterocycles. The molecule has 176 valence electrons. The van der Waals surface area contributed by atoms with Crippen molar-refractivity contribution in [2.45, 2.75) is 19.0 Å². The van der Waals surface area contributed by atoms with Crippen LogP contribution in [0.25, 0.3) is 17.0 Å². The number of amides is 1. The average Bonchev–Trinajstić information content (AvgIpc) is 3.50. The molecule has 0 saturated carbocycles. The van der Waals surface area contributed by atoms with E-state index in [0.29, 0.717) is 47.7 Å². The fourth-order valence-electron chi connectivity index (χ4n) is 3.61. The molecule has 1 amide bonds. The van der Waals surface area contributed by atoms with Crippen molar-refractivity contribution in [3.05, 3.63) is 42.5 Å². The third kappa shape index (κ3) is 4.31. The Bertz CT molecular complexity index is 1300. The van der Waals surface area contributed by atoms with E-state index in [9.17, 15) is 18.0 Å². The van der Waals surface area contributed by atoms with Crippen LogP contribution in [0.5, 0.6) is 0 Å². The Hall–Kier alpha value is -4.30. The third-order valence-corrected chi connectivity index (χ3v) is 5.35. The van der Waals surface area contributed by atoms with Crippen molar-refractivity contribution in [1.29, 1.82) is 0 Å². The first-order chi connectivity index (χ1) is 16.4. The predicted octanol–water partition coefficient (Wildman–Crippen LogP) is 1.95. The molecular weight excluding hydrogens is 457 g/mol. The molecule has 0 unspecified atom stereocenters. The number of fused-ring (bicyclic) bond motifs is 1. The third-order valence-electron chi connectivity index (χ3n) is 5.35. The van der Waals surface area contributed by atoms with Gasteiger partial charge in [0, 0.05) is 37.0 Å². The van der Waals surface area contributed by atoms with Crippen LogP contribution in [-0.2, 0) is 11.0 Å². The maximum atomic E-state index is 13.1. The van der Waals surface area contributed by atoms with E-state index in [1.54, 1.807) is 30.6 Å². The van der Waals surface area contributed by atoms with Crippen LogP contribution in [-0.4, -0.2) is 53.9 Å². The Morgan fingerprint density at radius 3 is 2.59 bits per heavy atom. The summed E-state index contributed by atoms with van der Waals surface area (Å²) < 4.78 is 45.1. The topological polar surface area (TPSA) is 139 Å². The van der Waals surface area contributed by atoms with Crippen molar-refractivity contribution >= 4 is 23.4 Å². The molecule has 0 spiro atoms. The number of hydrazine groups is 1. The van der Waals surface area contributed by atoms with Gasteiger partial charge in [0.2, 0.25) is 11.7 Å². The van der Waals surface area contributed by atoms with Crippen molar-refractivity contribution < 1.29 is 22.5 Å². The van der Waals surface area contributed by atoms with Gasteiger partial charge in [-0.15, -0.1) is 15.3 Å². The van der Waals surface area contributed by atoms with Gasteiger partial charge in [0.1, 0.15) is 5.82 Å². The Labute approximate surface area is 189 Å². The Morgan fingerprint density at radius 1 is 1.09 bits per heavy atom. The van der Waals surface area contributed by atoms with Gasteiger partial charge in [-0.3, -0.25) is 15.2 Å². The molecule has 0 aromatic carbocycles. The number of aromatic nitrogens is 7. The van der Waals surface area contributed by atoms with Crippen molar-refractivity contribution in [3.63, 3.8) is 0 Å². The second-order valence-corrected chi connectivity index (χ2v) is 7.52. The maximum Gasteiger partial charge on any atom is 0.453 e. The van der Waals surface area contributed by atoms with Crippen molar-refractivity contribution in [1.82, 2.24) is 40.4 Å². The van der Waals surface area contributed by atoms with E-state index in [1.807, 2.05) is 4.90 Å².